The number of carboxylic acid groups (broad SMARTS) is 1. The predicted molar refractivity (Wildman–Crippen MR) is 68.2 cm³/mol. The molecule has 0 aliphatic heterocycles. The number of carboxylic acids is 1. The van der Waals surface area contributed by atoms with E-state index in [9.17, 15) is 14.7 Å². The van der Waals surface area contributed by atoms with Gasteiger partial charge in [-0.05, 0) is 38.1 Å². The Hall–Kier alpha value is -1.88. The fraction of sp³-hybridized carbons (Fsp3) is 0.429. The third-order valence-corrected chi connectivity index (χ3v) is 2.46. The number of hydrogen-bond donors (Lipinski definition) is 1. The summed E-state index contributed by atoms with van der Waals surface area (Å²) in [4.78, 5) is 22.9. The number of hydrogen-bond acceptors (Lipinski definition) is 4. The third-order valence-electron chi connectivity index (χ3n) is 2.46. The predicted octanol–water partition coefficient (Wildman–Crippen LogP) is -1.08. The topological polar surface area (TPSA) is 70.9 Å². The van der Waals surface area contributed by atoms with Crippen molar-refractivity contribution in [3.63, 3.8) is 0 Å². The van der Waals surface area contributed by atoms with Gasteiger partial charge in [0.15, 0.2) is 0 Å². The number of carbonyl (C=O) groups is 2. The van der Waals surface area contributed by atoms with Gasteiger partial charge in [0.05, 0.1) is 19.1 Å². The Morgan fingerprint density at radius 3 is 2.26 bits per heavy atom. The molecule has 104 valence electrons. The Balaban J connectivity index is 2.60. The SMILES string of the molecule is CC(C)Oc1ccc(C(=O)C[NH+](C)CC(=O)[O-])cc1. The Bertz CT molecular complexity index is 439. The van der Waals surface area contributed by atoms with Gasteiger partial charge < -0.3 is 19.5 Å². The summed E-state index contributed by atoms with van der Waals surface area (Å²) in [5.74, 6) is -0.553. The first-order chi connectivity index (χ1) is 8.88. The van der Waals surface area contributed by atoms with Gasteiger partial charge in [0.2, 0.25) is 5.78 Å². The standard InChI is InChI=1S/C14H19NO4/c1-10(2)19-12-6-4-11(5-7-12)13(16)8-15(3)9-14(17)18/h4-7,10H,8-9H2,1-3H3,(H,17,18). The van der Waals surface area contributed by atoms with Crippen LogP contribution in [-0.4, -0.2) is 38.0 Å². The lowest BCUT2D eigenvalue weighted by atomic mass is 10.1. The Morgan fingerprint density at radius 2 is 1.79 bits per heavy atom. The summed E-state index contributed by atoms with van der Waals surface area (Å²) in [7, 11) is 1.64. The van der Waals surface area contributed by atoms with Crippen molar-refractivity contribution in [3.8, 4) is 5.75 Å². The molecule has 0 spiro atoms. The number of rotatable bonds is 7. The van der Waals surface area contributed by atoms with E-state index in [0.717, 1.165) is 0 Å². The minimum atomic E-state index is -1.16. The van der Waals surface area contributed by atoms with Gasteiger partial charge in [-0.25, -0.2) is 0 Å². The third kappa shape index (κ3) is 5.52. The quantitative estimate of drug-likeness (QED) is 0.637. The van der Waals surface area contributed by atoms with Crippen LogP contribution in [0.4, 0.5) is 0 Å². The first-order valence-electron chi connectivity index (χ1n) is 6.19. The first kappa shape index (κ1) is 15.2. The highest BCUT2D eigenvalue weighted by Gasteiger charge is 2.12. The van der Waals surface area contributed by atoms with Gasteiger partial charge in [-0.3, -0.25) is 4.79 Å². The molecule has 0 bridgehead atoms. The fourth-order valence-electron chi connectivity index (χ4n) is 1.68. The van der Waals surface area contributed by atoms with Crippen molar-refractivity contribution in [1.29, 1.82) is 0 Å². The molecule has 0 saturated heterocycles. The van der Waals surface area contributed by atoms with E-state index in [2.05, 4.69) is 0 Å². The molecule has 0 aromatic heterocycles. The van der Waals surface area contributed by atoms with Crippen molar-refractivity contribution < 1.29 is 24.3 Å². The molecule has 5 nitrogen and oxygen atoms in total. The van der Waals surface area contributed by atoms with Gasteiger partial charge in [-0.15, -0.1) is 0 Å². The van der Waals surface area contributed by atoms with Crippen molar-refractivity contribution in [1.82, 2.24) is 0 Å². The number of ketones is 1. The number of Topliss-reactive ketones (excluding diaryl/α,β-unsaturated/α-hetero) is 1. The summed E-state index contributed by atoms with van der Waals surface area (Å²) in [5, 5.41) is 10.4. The molecular formula is C14H19NO4. The molecule has 0 amide bonds. The first-order valence-corrected chi connectivity index (χ1v) is 6.19. The molecule has 0 aliphatic rings. The van der Waals surface area contributed by atoms with Gasteiger partial charge in [0, 0.05) is 5.56 Å². The van der Waals surface area contributed by atoms with Crippen LogP contribution >= 0.6 is 0 Å². The Kier molecular flexibility index (Phi) is 5.51. The maximum atomic E-state index is 11.9. The van der Waals surface area contributed by atoms with E-state index in [4.69, 9.17) is 4.74 Å². The summed E-state index contributed by atoms with van der Waals surface area (Å²) in [6.07, 6.45) is 0.0835. The van der Waals surface area contributed by atoms with E-state index in [1.54, 1.807) is 31.3 Å². The molecule has 5 heteroatoms. The summed E-state index contributed by atoms with van der Waals surface area (Å²) < 4.78 is 5.48. The van der Waals surface area contributed by atoms with Crippen LogP contribution in [0.2, 0.25) is 0 Å². The average molecular weight is 265 g/mol. The normalized spacial score (nSPS) is 12.2. The zero-order valence-corrected chi connectivity index (χ0v) is 11.4. The van der Waals surface area contributed by atoms with Gasteiger partial charge in [0.25, 0.3) is 0 Å². The summed E-state index contributed by atoms with van der Waals surface area (Å²) in [6, 6.07) is 6.85. The van der Waals surface area contributed by atoms with E-state index in [1.165, 1.54) is 0 Å². The molecule has 1 aromatic rings. The fourth-order valence-corrected chi connectivity index (χ4v) is 1.68. The lowest BCUT2D eigenvalue weighted by Crippen LogP contribution is -3.11. The van der Waals surface area contributed by atoms with Crippen molar-refractivity contribution >= 4 is 11.8 Å². The van der Waals surface area contributed by atoms with E-state index >= 15 is 0 Å². The lowest BCUT2D eigenvalue weighted by molar-refractivity contribution is -0.864. The number of likely N-dealkylation sites (N-methyl/N-ethyl adjacent to an activating group) is 1. The zero-order valence-electron chi connectivity index (χ0n) is 11.4. The van der Waals surface area contributed by atoms with Crippen LogP contribution in [0, 0.1) is 0 Å². The van der Waals surface area contributed by atoms with Crippen LogP contribution in [0.3, 0.4) is 0 Å². The maximum absolute atomic E-state index is 11.9. The van der Waals surface area contributed by atoms with Gasteiger partial charge in [-0.2, -0.15) is 0 Å². The second-order valence-electron chi connectivity index (χ2n) is 4.80. The number of nitrogens with one attached hydrogen (secondary N) is 1. The van der Waals surface area contributed by atoms with Crippen LogP contribution in [0.5, 0.6) is 5.75 Å². The van der Waals surface area contributed by atoms with Crippen molar-refractivity contribution in [2.24, 2.45) is 0 Å². The van der Waals surface area contributed by atoms with Gasteiger partial charge >= 0.3 is 0 Å². The van der Waals surface area contributed by atoms with Crippen LogP contribution < -0.4 is 14.7 Å². The number of ether oxygens (including phenoxy) is 1. The molecular weight excluding hydrogens is 246 g/mol. The molecule has 0 heterocycles. The number of carbonyl (C=O) groups excluding carboxylic acids is 2. The highest BCUT2D eigenvalue weighted by Crippen LogP contribution is 2.13. The molecule has 1 atom stereocenters. The smallest absolute Gasteiger partial charge is 0.216 e. The molecule has 0 aliphatic carbocycles. The summed E-state index contributed by atoms with van der Waals surface area (Å²) in [6.45, 7) is 3.80. The van der Waals surface area contributed by atoms with E-state index in [0.29, 0.717) is 16.2 Å². The molecule has 1 N–H and O–H groups in total. The molecule has 1 rings (SSSR count). The molecule has 0 radical (unpaired) electrons. The van der Waals surface area contributed by atoms with Crippen LogP contribution in [0.25, 0.3) is 0 Å². The van der Waals surface area contributed by atoms with Crippen LogP contribution in [-0.2, 0) is 4.79 Å². The summed E-state index contributed by atoms with van der Waals surface area (Å²) >= 11 is 0. The van der Waals surface area contributed by atoms with Crippen molar-refractivity contribution in [2.45, 2.75) is 20.0 Å². The van der Waals surface area contributed by atoms with E-state index in [-0.39, 0.29) is 25.0 Å². The Labute approximate surface area is 112 Å². The van der Waals surface area contributed by atoms with Crippen molar-refractivity contribution in [3.05, 3.63) is 29.8 Å². The van der Waals surface area contributed by atoms with E-state index < -0.39 is 5.97 Å². The number of quaternary nitrogens is 1. The largest absolute Gasteiger partial charge is 0.544 e. The highest BCUT2D eigenvalue weighted by atomic mass is 16.5. The minimum Gasteiger partial charge on any atom is -0.544 e. The molecule has 1 aromatic carbocycles. The molecule has 0 fully saturated rings. The minimum absolute atomic E-state index is 0.0835. The zero-order chi connectivity index (χ0) is 14.4. The lowest BCUT2D eigenvalue weighted by Gasteiger charge is -2.14. The second kappa shape index (κ2) is 6.89. The van der Waals surface area contributed by atoms with Crippen molar-refractivity contribution in [2.75, 3.05) is 20.1 Å². The van der Waals surface area contributed by atoms with Gasteiger partial charge in [-0.1, -0.05) is 0 Å². The maximum Gasteiger partial charge on any atom is 0.216 e. The monoisotopic (exact) mass is 265 g/mol. The number of aliphatic carboxylic acids is 1. The number of benzene rings is 1. The Morgan fingerprint density at radius 1 is 1.21 bits per heavy atom. The van der Waals surface area contributed by atoms with Crippen LogP contribution in [0.15, 0.2) is 24.3 Å². The molecule has 1 unspecified atom stereocenters. The highest BCUT2D eigenvalue weighted by molar-refractivity contribution is 5.97. The molecule has 19 heavy (non-hydrogen) atoms. The second-order valence-corrected chi connectivity index (χ2v) is 4.80. The average Bonchev–Trinajstić information content (AvgIpc) is 2.27. The molecule has 0 saturated carbocycles. The van der Waals surface area contributed by atoms with E-state index in [1.807, 2.05) is 13.8 Å². The summed E-state index contributed by atoms with van der Waals surface area (Å²) in [5.41, 5.74) is 0.550. The van der Waals surface area contributed by atoms with Gasteiger partial charge in [0.1, 0.15) is 18.8 Å². The van der Waals surface area contributed by atoms with Crippen LogP contribution in [0.1, 0.15) is 24.2 Å².